The van der Waals surface area contributed by atoms with Crippen LogP contribution < -0.4 is 14.5 Å². The van der Waals surface area contributed by atoms with E-state index in [4.69, 9.17) is 4.74 Å². The van der Waals surface area contributed by atoms with Crippen molar-refractivity contribution in [2.45, 2.75) is 19.3 Å². The second kappa shape index (κ2) is 15.0. The molecule has 0 atom stereocenters. The summed E-state index contributed by atoms with van der Waals surface area (Å²) in [5, 5.41) is 2.22. The first-order valence-corrected chi connectivity index (χ1v) is 22.1. The average molecular weight is 821 g/mol. The minimum Gasteiger partial charge on any atom is -0.456 e. The van der Waals surface area contributed by atoms with Gasteiger partial charge in [-0.25, -0.2) is 0 Å². The molecule has 0 unspecified atom stereocenters. The summed E-state index contributed by atoms with van der Waals surface area (Å²) in [6.45, 7) is 4.71. The Labute approximate surface area is 374 Å². The van der Waals surface area contributed by atoms with Gasteiger partial charge in [0, 0.05) is 50.1 Å². The lowest BCUT2D eigenvalue weighted by molar-refractivity contribution is 0.487. The molecule has 0 aromatic heterocycles. The molecule has 0 fully saturated rings. The van der Waals surface area contributed by atoms with Gasteiger partial charge >= 0.3 is 0 Å². The molecule has 0 amide bonds. The maximum atomic E-state index is 6.85. The zero-order chi connectivity index (χ0) is 42.8. The standard InChI is InChI=1S/C61H44N2O/c1-61(2)53-25-13-12-22-50(53)60-54(61)26-15-27-56(60)63(47-34-32-44(33-35-47)43-30-28-42(29-31-43)41-16-6-3-7-17-41)55-37-39-58-59-49(23-14-24-51(55)59)52-40-48(36-38-57(52)64-58)62(45-18-8-4-9-19-45)46-20-10-5-11-21-46/h3-40H,1-2H3. The van der Waals surface area contributed by atoms with Crippen molar-refractivity contribution in [3.8, 4) is 56.0 Å². The number of fused-ring (bicyclic) bond motifs is 5. The first-order chi connectivity index (χ1) is 31.5. The van der Waals surface area contributed by atoms with Gasteiger partial charge in [-0.3, -0.25) is 0 Å². The van der Waals surface area contributed by atoms with Crippen LogP contribution in [0.3, 0.4) is 0 Å². The number of hydrogen-bond acceptors (Lipinski definition) is 3. The highest BCUT2D eigenvalue weighted by Gasteiger charge is 2.38. The number of para-hydroxylation sites is 2. The molecular weight excluding hydrogens is 777 g/mol. The number of benzene rings is 10. The van der Waals surface area contributed by atoms with Crippen LogP contribution in [0.5, 0.6) is 11.5 Å². The van der Waals surface area contributed by atoms with Crippen LogP contribution in [-0.4, -0.2) is 0 Å². The summed E-state index contributed by atoms with van der Waals surface area (Å²) in [4.78, 5) is 4.78. The topological polar surface area (TPSA) is 15.7 Å². The molecule has 10 aromatic rings. The fourth-order valence-corrected chi connectivity index (χ4v) is 10.2. The van der Waals surface area contributed by atoms with Crippen LogP contribution in [0.2, 0.25) is 0 Å². The Balaban J connectivity index is 1.02. The lowest BCUT2D eigenvalue weighted by atomic mass is 9.82. The van der Waals surface area contributed by atoms with E-state index in [0.717, 1.165) is 67.5 Å². The number of hydrogen-bond donors (Lipinski definition) is 0. The predicted molar refractivity (Wildman–Crippen MR) is 267 cm³/mol. The second-order valence-electron chi connectivity index (χ2n) is 17.3. The molecular formula is C61H44N2O. The van der Waals surface area contributed by atoms with Crippen LogP contribution in [0, 0.1) is 0 Å². The predicted octanol–water partition coefficient (Wildman–Crippen LogP) is 17.2. The van der Waals surface area contributed by atoms with Gasteiger partial charge in [-0.1, -0.05) is 172 Å². The Morgan fingerprint density at radius 2 is 0.859 bits per heavy atom. The van der Waals surface area contributed by atoms with E-state index in [0.29, 0.717) is 0 Å². The molecule has 12 rings (SSSR count). The maximum Gasteiger partial charge on any atom is 0.136 e. The van der Waals surface area contributed by atoms with E-state index in [1.807, 2.05) is 0 Å². The van der Waals surface area contributed by atoms with Gasteiger partial charge < -0.3 is 14.5 Å². The third-order valence-corrected chi connectivity index (χ3v) is 13.3. The van der Waals surface area contributed by atoms with Crippen LogP contribution >= 0.6 is 0 Å². The monoisotopic (exact) mass is 820 g/mol. The van der Waals surface area contributed by atoms with Crippen molar-refractivity contribution in [3.05, 3.63) is 242 Å². The Morgan fingerprint density at radius 3 is 1.55 bits per heavy atom. The van der Waals surface area contributed by atoms with Gasteiger partial charge in [0.25, 0.3) is 0 Å². The van der Waals surface area contributed by atoms with E-state index in [1.165, 1.54) is 44.5 Å². The van der Waals surface area contributed by atoms with Crippen molar-refractivity contribution >= 4 is 44.9 Å². The highest BCUT2D eigenvalue weighted by atomic mass is 16.5. The average Bonchev–Trinajstić information content (AvgIpc) is 3.60. The number of rotatable bonds is 8. The lowest BCUT2D eigenvalue weighted by Crippen LogP contribution is -2.16. The van der Waals surface area contributed by atoms with Crippen molar-refractivity contribution in [3.63, 3.8) is 0 Å². The van der Waals surface area contributed by atoms with Gasteiger partial charge in [0.15, 0.2) is 0 Å². The molecule has 0 spiro atoms. The molecule has 64 heavy (non-hydrogen) atoms. The fraction of sp³-hybridized carbons (Fsp3) is 0.0492. The summed E-state index contributed by atoms with van der Waals surface area (Å²) in [6.07, 6.45) is 0. The SMILES string of the molecule is CC1(C)c2ccccc2-c2c(N(c3ccc(-c4ccc(-c5ccccc5)cc4)cc3)c3ccc4c5c(cccc35)-c3cc(N(c5ccccc5)c5ccccc5)ccc3O4)cccc21. The molecule has 304 valence electrons. The molecule has 0 bridgehead atoms. The summed E-state index contributed by atoms with van der Waals surface area (Å²) >= 11 is 0. The van der Waals surface area contributed by atoms with Crippen LogP contribution in [0.15, 0.2) is 231 Å². The number of ether oxygens (including phenoxy) is 1. The molecule has 3 heteroatoms. The summed E-state index contributed by atoms with van der Waals surface area (Å²) in [5.74, 6) is 1.71. The van der Waals surface area contributed by atoms with Gasteiger partial charge in [-0.05, 0) is 117 Å². The molecule has 0 saturated heterocycles. The molecule has 0 saturated carbocycles. The van der Waals surface area contributed by atoms with Crippen LogP contribution in [0.1, 0.15) is 25.0 Å². The third kappa shape index (κ3) is 6.12. The van der Waals surface area contributed by atoms with Crippen molar-refractivity contribution in [2.24, 2.45) is 0 Å². The van der Waals surface area contributed by atoms with Crippen LogP contribution in [-0.2, 0) is 5.41 Å². The van der Waals surface area contributed by atoms with Crippen LogP contribution in [0.4, 0.5) is 34.1 Å². The summed E-state index contributed by atoms with van der Waals surface area (Å²) in [7, 11) is 0. The van der Waals surface area contributed by atoms with E-state index in [-0.39, 0.29) is 5.41 Å². The van der Waals surface area contributed by atoms with E-state index in [1.54, 1.807) is 0 Å². The quantitative estimate of drug-likeness (QED) is 0.152. The summed E-state index contributed by atoms with van der Waals surface area (Å²) < 4.78 is 6.85. The van der Waals surface area contributed by atoms with Gasteiger partial charge in [0.2, 0.25) is 0 Å². The van der Waals surface area contributed by atoms with Crippen molar-refractivity contribution in [1.29, 1.82) is 0 Å². The second-order valence-corrected chi connectivity index (χ2v) is 17.3. The zero-order valence-electron chi connectivity index (χ0n) is 35.7. The Morgan fingerprint density at radius 1 is 0.344 bits per heavy atom. The highest BCUT2D eigenvalue weighted by molar-refractivity contribution is 6.12. The molecule has 0 radical (unpaired) electrons. The van der Waals surface area contributed by atoms with Crippen molar-refractivity contribution in [2.75, 3.05) is 9.80 Å². The van der Waals surface area contributed by atoms with E-state index >= 15 is 0 Å². The van der Waals surface area contributed by atoms with E-state index in [9.17, 15) is 0 Å². The molecule has 1 heterocycles. The van der Waals surface area contributed by atoms with Gasteiger partial charge in [0.05, 0.1) is 11.4 Å². The van der Waals surface area contributed by atoms with Crippen molar-refractivity contribution < 1.29 is 4.74 Å². The first kappa shape index (κ1) is 37.6. The Kier molecular flexibility index (Phi) is 8.84. The Hall–Kier alpha value is -8.14. The summed E-state index contributed by atoms with van der Waals surface area (Å²) in [5.41, 5.74) is 18.7. The number of nitrogens with zero attached hydrogens (tertiary/aromatic N) is 2. The normalized spacial score (nSPS) is 12.8. The highest BCUT2D eigenvalue weighted by Crippen LogP contribution is 2.56. The molecule has 0 N–H and O–H groups in total. The minimum absolute atomic E-state index is 0.147. The minimum atomic E-state index is -0.147. The smallest absolute Gasteiger partial charge is 0.136 e. The lowest BCUT2D eigenvalue weighted by Gasteiger charge is -2.31. The van der Waals surface area contributed by atoms with Gasteiger partial charge in [-0.2, -0.15) is 0 Å². The van der Waals surface area contributed by atoms with Crippen molar-refractivity contribution in [1.82, 2.24) is 0 Å². The molecule has 1 aliphatic heterocycles. The molecule has 2 aliphatic rings. The first-order valence-electron chi connectivity index (χ1n) is 22.1. The van der Waals surface area contributed by atoms with Crippen LogP contribution in [0.25, 0.3) is 55.3 Å². The van der Waals surface area contributed by atoms with Gasteiger partial charge in [0.1, 0.15) is 11.5 Å². The largest absolute Gasteiger partial charge is 0.456 e. The molecule has 10 aromatic carbocycles. The fourth-order valence-electron chi connectivity index (χ4n) is 10.2. The molecule has 1 aliphatic carbocycles. The Bertz CT molecular complexity index is 3320. The van der Waals surface area contributed by atoms with Gasteiger partial charge in [-0.15, -0.1) is 0 Å². The zero-order valence-corrected chi connectivity index (χ0v) is 35.7. The maximum absolute atomic E-state index is 6.85. The van der Waals surface area contributed by atoms with E-state index in [2.05, 4.69) is 254 Å². The van der Waals surface area contributed by atoms with E-state index < -0.39 is 0 Å². The molecule has 3 nitrogen and oxygen atoms in total. The summed E-state index contributed by atoms with van der Waals surface area (Å²) in [6, 6.07) is 83.1. The third-order valence-electron chi connectivity index (χ3n) is 13.3. The number of anilines is 6.